The minimum Gasteiger partial charge on any atom is -0.389 e. The summed E-state index contributed by atoms with van der Waals surface area (Å²) < 4.78 is 25.6. The molecule has 6 atom stereocenters. The first-order chi connectivity index (χ1) is 22.0. The van der Waals surface area contributed by atoms with Gasteiger partial charge < -0.3 is 19.5 Å². The molecule has 2 heterocycles. The number of aryl methyl sites for hydroxylation is 1. The zero-order valence-corrected chi connectivity index (χ0v) is 30.1. The predicted molar refractivity (Wildman–Crippen MR) is 189 cm³/mol. The summed E-state index contributed by atoms with van der Waals surface area (Å²) >= 11 is 6.21. The highest BCUT2D eigenvalue weighted by atomic mass is 35.5. The third-order valence-electron chi connectivity index (χ3n) is 9.61. The second kappa shape index (κ2) is 19.7. The van der Waals surface area contributed by atoms with Crippen LogP contribution in [0.2, 0.25) is 5.02 Å². The van der Waals surface area contributed by atoms with E-state index in [-0.39, 0.29) is 23.0 Å². The van der Waals surface area contributed by atoms with Crippen LogP contribution >= 0.6 is 11.6 Å². The molecule has 10 heteroatoms. The van der Waals surface area contributed by atoms with E-state index in [1.807, 2.05) is 38.1 Å². The Balaban J connectivity index is 0.000000489. The van der Waals surface area contributed by atoms with Crippen molar-refractivity contribution in [1.82, 2.24) is 14.5 Å². The summed E-state index contributed by atoms with van der Waals surface area (Å²) in [5, 5.41) is 11.4. The van der Waals surface area contributed by atoms with Crippen LogP contribution in [-0.4, -0.2) is 96.0 Å². The number of halogens is 1. The lowest BCUT2D eigenvalue weighted by Gasteiger charge is -2.42. The Kier molecular flexibility index (Phi) is 16.5. The van der Waals surface area contributed by atoms with Crippen molar-refractivity contribution in [3.05, 3.63) is 70.4 Å². The lowest BCUT2D eigenvalue weighted by atomic mass is 9.70. The standard InChI is InChI=1S/C29H41ClN2O3S.C7H15NO2/c1-6-23-17-26(30)12-10-24(23)14-15-32-18-25-11-13-27(25)28(33)9-7-8-19(2)22(5)36(35)31-29(34)20(3)16-21(32)4;1-9-5-2-8-3-6-10-7-4-8/h7,9-10,12,16-17,19,22,25,27-28,33H,4,6,8,11,13-15,18H2,1-3,5H3,(H,31,34);2-7H2,1H3/b9-7+,20-16+;. The first-order valence-electron chi connectivity index (χ1n) is 16.8. The van der Waals surface area contributed by atoms with Crippen LogP contribution in [0.3, 0.4) is 0 Å². The van der Waals surface area contributed by atoms with E-state index in [1.54, 1.807) is 20.1 Å². The fraction of sp³-hybridized carbons (Fsp3) is 0.639. The number of rotatable bonds is 7. The average molecular weight is 678 g/mol. The Hall–Kier alpha value is -2.01. The molecule has 258 valence electrons. The molecule has 1 saturated carbocycles. The summed E-state index contributed by atoms with van der Waals surface area (Å²) in [6.45, 7) is 19.3. The molecule has 0 bridgehead atoms. The molecule has 1 aromatic carbocycles. The van der Waals surface area contributed by atoms with Gasteiger partial charge >= 0.3 is 0 Å². The van der Waals surface area contributed by atoms with Gasteiger partial charge in [0, 0.05) is 56.1 Å². The number of hydrogen-bond donors (Lipinski definition) is 2. The normalized spacial score (nSPS) is 30.2. The van der Waals surface area contributed by atoms with Crippen LogP contribution in [0.1, 0.15) is 58.1 Å². The molecule has 2 fully saturated rings. The Morgan fingerprint density at radius 3 is 2.57 bits per heavy atom. The summed E-state index contributed by atoms with van der Waals surface area (Å²) in [5.74, 6) is 0.340. The lowest BCUT2D eigenvalue weighted by molar-refractivity contribution is -0.115. The average Bonchev–Trinajstić information content (AvgIpc) is 3.03. The number of hydrogen-bond acceptors (Lipinski definition) is 7. The highest BCUT2D eigenvalue weighted by molar-refractivity contribution is 7.84. The molecule has 1 amide bonds. The number of aliphatic hydroxyl groups is 1. The van der Waals surface area contributed by atoms with E-state index in [9.17, 15) is 14.1 Å². The van der Waals surface area contributed by atoms with Crippen molar-refractivity contribution in [2.75, 3.05) is 59.7 Å². The maximum absolute atomic E-state index is 12.8. The van der Waals surface area contributed by atoms with Crippen molar-refractivity contribution in [3.63, 3.8) is 0 Å². The molecule has 2 N–H and O–H groups in total. The van der Waals surface area contributed by atoms with Crippen molar-refractivity contribution in [2.24, 2.45) is 17.8 Å². The topological polar surface area (TPSA) is 91.3 Å². The number of nitrogens with zero attached hydrogens (tertiary/aromatic N) is 2. The van der Waals surface area contributed by atoms with Crippen LogP contribution in [0.5, 0.6) is 0 Å². The minimum atomic E-state index is -1.50. The fourth-order valence-electron chi connectivity index (χ4n) is 6.02. The van der Waals surface area contributed by atoms with E-state index in [2.05, 4.69) is 34.1 Å². The smallest absolute Gasteiger partial charge is 0.258 e. The van der Waals surface area contributed by atoms with Gasteiger partial charge in [-0.05, 0) is 93.0 Å². The number of amides is 1. The van der Waals surface area contributed by atoms with E-state index in [4.69, 9.17) is 21.1 Å². The van der Waals surface area contributed by atoms with Crippen LogP contribution in [0.4, 0.5) is 0 Å². The van der Waals surface area contributed by atoms with Crippen molar-refractivity contribution >= 4 is 28.5 Å². The lowest BCUT2D eigenvalue weighted by Crippen LogP contribution is -2.43. The van der Waals surface area contributed by atoms with Gasteiger partial charge in [-0.3, -0.25) is 14.4 Å². The minimum absolute atomic E-state index is 0.107. The Morgan fingerprint density at radius 2 is 1.91 bits per heavy atom. The molecule has 2 aliphatic heterocycles. The predicted octanol–water partition coefficient (Wildman–Crippen LogP) is 5.32. The van der Waals surface area contributed by atoms with E-state index < -0.39 is 17.1 Å². The fourth-order valence-corrected chi connectivity index (χ4v) is 7.28. The number of ether oxygens (including phenoxy) is 2. The quantitative estimate of drug-likeness (QED) is 0.378. The molecular formula is C36H56ClN3O5S. The number of methoxy groups -OCH3 is 1. The highest BCUT2D eigenvalue weighted by Gasteiger charge is 2.36. The van der Waals surface area contributed by atoms with Crippen molar-refractivity contribution in [3.8, 4) is 0 Å². The van der Waals surface area contributed by atoms with E-state index in [1.165, 1.54) is 11.1 Å². The summed E-state index contributed by atoms with van der Waals surface area (Å²) in [4.78, 5) is 17.4. The molecule has 3 aliphatic rings. The van der Waals surface area contributed by atoms with Crippen LogP contribution in [0.25, 0.3) is 0 Å². The van der Waals surface area contributed by atoms with Gasteiger partial charge in [0.2, 0.25) is 0 Å². The first-order valence-corrected chi connectivity index (χ1v) is 18.4. The van der Waals surface area contributed by atoms with Crippen LogP contribution < -0.4 is 4.72 Å². The van der Waals surface area contributed by atoms with Gasteiger partial charge in [0.25, 0.3) is 5.91 Å². The third kappa shape index (κ3) is 11.9. The van der Waals surface area contributed by atoms with Crippen LogP contribution in [-0.2, 0) is 38.1 Å². The van der Waals surface area contributed by atoms with Crippen molar-refractivity contribution in [2.45, 2.75) is 71.2 Å². The number of allylic oxidation sites excluding steroid dienone is 2. The van der Waals surface area contributed by atoms with Crippen molar-refractivity contribution in [1.29, 1.82) is 0 Å². The number of benzene rings is 1. The third-order valence-corrected chi connectivity index (χ3v) is 11.4. The second-order valence-corrected chi connectivity index (χ2v) is 14.8. The molecule has 0 radical (unpaired) electrons. The molecule has 0 spiro atoms. The van der Waals surface area contributed by atoms with E-state index in [0.29, 0.717) is 17.9 Å². The molecule has 1 saturated heterocycles. The van der Waals surface area contributed by atoms with Gasteiger partial charge in [-0.1, -0.05) is 50.2 Å². The molecule has 0 aromatic heterocycles. The second-order valence-electron chi connectivity index (χ2n) is 12.8. The van der Waals surface area contributed by atoms with Gasteiger partial charge in [0.1, 0.15) is 11.0 Å². The van der Waals surface area contributed by atoms with Crippen LogP contribution in [0, 0.1) is 17.8 Å². The summed E-state index contributed by atoms with van der Waals surface area (Å²) in [6, 6.07) is 6.05. The number of carbonyl (C=O) groups is 1. The molecule has 1 aliphatic carbocycles. The Labute approximate surface area is 284 Å². The van der Waals surface area contributed by atoms with Gasteiger partial charge in [0.05, 0.1) is 31.2 Å². The van der Waals surface area contributed by atoms with E-state index in [0.717, 1.165) is 88.9 Å². The molecule has 6 unspecified atom stereocenters. The van der Waals surface area contributed by atoms with Gasteiger partial charge in [-0.2, -0.15) is 0 Å². The Bertz CT molecular complexity index is 1220. The number of aliphatic hydroxyl groups excluding tert-OH is 1. The number of nitrogens with one attached hydrogen (secondary N) is 1. The highest BCUT2D eigenvalue weighted by Crippen LogP contribution is 2.38. The summed E-state index contributed by atoms with van der Waals surface area (Å²) in [6.07, 6.45) is 9.72. The largest absolute Gasteiger partial charge is 0.389 e. The molecule has 4 rings (SSSR count). The molecule has 46 heavy (non-hydrogen) atoms. The Morgan fingerprint density at radius 1 is 1.17 bits per heavy atom. The monoisotopic (exact) mass is 677 g/mol. The zero-order chi connectivity index (χ0) is 33.6. The van der Waals surface area contributed by atoms with Gasteiger partial charge in [0.15, 0.2) is 0 Å². The summed E-state index contributed by atoms with van der Waals surface area (Å²) in [5.41, 5.74) is 3.73. The van der Waals surface area contributed by atoms with Gasteiger partial charge in [-0.25, -0.2) is 4.21 Å². The van der Waals surface area contributed by atoms with Crippen molar-refractivity contribution < 1.29 is 23.6 Å². The van der Waals surface area contributed by atoms with E-state index >= 15 is 0 Å². The van der Waals surface area contributed by atoms with Crippen LogP contribution in [0.15, 0.2) is 54.3 Å². The zero-order valence-electron chi connectivity index (χ0n) is 28.5. The number of carbonyl (C=O) groups excluding carboxylic acids is 1. The molecule has 1 aromatic rings. The summed E-state index contributed by atoms with van der Waals surface area (Å²) in [7, 11) is 0.237. The van der Waals surface area contributed by atoms with Gasteiger partial charge in [-0.15, -0.1) is 0 Å². The molecular weight excluding hydrogens is 622 g/mol. The number of morpholine rings is 1. The maximum atomic E-state index is 12.8. The SMILES string of the molecule is C=C1/C=C(\C)C(=O)NS(=O)C(C)C(C)C/C=C/C(O)C2CCC2CN1CCc1ccc(Cl)cc1CC.COCCN1CCOCC1. The maximum Gasteiger partial charge on any atom is 0.258 e. The first kappa shape index (κ1) is 38.4. The molecule has 8 nitrogen and oxygen atoms in total. The number of fused-ring (bicyclic) bond motifs is 1.